The molecule has 2 N–H and O–H groups in total. The van der Waals surface area contributed by atoms with Gasteiger partial charge in [0.25, 0.3) is 11.5 Å². The number of aromatic nitrogens is 2. The van der Waals surface area contributed by atoms with Crippen LogP contribution in [0.1, 0.15) is 10.4 Å². The molecular weight excluding hydrogens is 253 g/mol. The summed E-state index contributed by atoms with van der Waals surface area (Å²) in [6.45, 7) is 0. The van der Waals surface area contributed by atoms with E-state index in [1.807, 2.05) is 0 Å². The summed E-state index contributed by atoms with van der Waals surface area (Å²) >= 11 is 0. The molecule has 0 bridgehead atoms. The highest BCUT2D eigenvalue weighted by Crippen LogP contribution is 2.09. The predicted octanol–water partition coefficient (Wildman–Crippen LogP) is 0.465. The van der Waals surface area contributed by atoms with Gasteiger partial charge >= 0.3 is 5.69 Å². The summed E-state index contributed by atoms with van der Waals surface area (Å²) in [5.41, 5.74) is -1.35. The van der Waals surface area contributed by atoms with Crippen molar-refractivity contribution < 1.29 is 9.18 Å². The largest absolute Gasteiger partial charge is 0.328 e. The molecule has 6 nitrogen and oxygen atoms in total. The molecule has 1 heterocycles. The van der Waals surface area contributed by atoms with Crippen LogP contribution in [0.3, 0.4) is 0 Å². The van der Waals surface area contributed by atoms with E-state index in [1.54, 1.807) is 0 Å². The molecule has 1 aromatic heterocycles. The second-order valence-electron chi connectivity index (χ2n) is 3.84. The number of aromatic amines is 1. The van der Waals surface area contributed by atoms with Gasteiger partial charge in [0.05, 0.1) is 0 Å². The van der Waals surface area contributed by atoms with Crippen molar-refractivity contribution in [1.29, 1.82) is 0 Å². The molecule has 0 radical (unpaired) electrons. The molecule has 0 aliphatic heterocycles. The second-order valence-corrected chi connectivity index (χ2v) is 3.84. The van der Waals surface area contributed by atoms with Gasteiger partial charge in [0.15, 0.2) is 0 Å². The number of nitrogens with zero attached hydrogens (tertiary/aromatic N) is 1. The Balaban J connectivity index is 2.34. The normalized spacial score (nSPS) is 10.2. The highest BCUT2D eigenvalue weighted by Gasteiger charge is 2.13. The third-order valence-electron chi connectivity index (χ3n) is 2.51. The van der Waals surface area contributed by atoms with Crippen LogP contribution in [-0.2, 0) is 7.05 Å². The topological polar surface area (TPSA) is 84.0 Å². The number of hydrogen-bond acceptors (Lipinski definition) is 3. The molecule has 2 aromatic rings. The lowest BCUT2D eigenvalue weighted by Crippen LogP contribution is -2.37. The Bertz CT molecular complexity index is 748. The number of carbonyl (C=O) groups is 1. The monoisotopic (exact) mass is 263 g/mol. The lowest BCUT2D eigenvalue weighted by atomic mass is 10.2. The highest BCUT2D eigenvalue weighted by atomic mass is 19.1. The Morgan fingerprint density at radius 2 is 2.11 bits per heavy atom. The number of amides is 1. The molecule has 19 heavy (non-hydrogen) atoms. The van der Waals surface area contributed by atoms with Crippen molar-refractivity contribution >= 4 is 11.6 Å². The van der Waals surface area contributed by atoms with E-state index in [0.29, 0.717) is 0 Å². The Hall–Kier alpha value is -2.70. The quantitative estimate of drug-likeness (QED) is 0.825. The Morgan fingerprint density at radius 1 is 1.37 bits per heavy atom. The molecule has 1 amide bonds. The fourth-order valence-corrected chi connectivity index (χ4v) is 1.49. The third-order valence-corrected chi connectivity index (χ3v) is 2.51. The summed E-state index contributed by atoms with van der Waals surface area (Å²) in [5, 5.41) is 2.37. The number of anilines is 1. The zero-order valence-electron chi connectivity index (χ0n) is 9.94. The van der Waals surface area contributed by atoms with Crippen LogP contribution in [0.15, 0.2) is 40.1 Å². The molecule has 0 atom stereocenters. The van der Waals surface area contributed by atoms with Crippen LogP contribution in [0.4, 0.5) is 10.1 Å². The maximum atomic E-state index is 13.0. The first-order valence-electron chi connectivity index (χ1n) is 5.34. The summed E-state index contributed by atoms with van der Waals surface area (Å²) in [7, 11) is 1.25. The average Bonchev–Trinajstić information content (AvgIpc) is 2.36. The number of halogens is 1. The molecule has 0 aliphatic rings. The standard InChI is InChI=1S/C12H10FN3O3/c1-16-11(18)9(6-14-12(16)19)10(17)15-8-4-2-3-7(13)5-8/h2-6H,1H3,(H,14,19)(H,15,17). The van der Waals surface area contributed by atoms with Gasteiger partial charge in [0.2, 0.25) is 0 Å². The molecule has 0 saturated heterocycles. The van der Waals surface area contributed by atoms with E-state index < -0.39 is 23.0 Å². The van der Waals surface area contributed by atoms with Gasteiger partial charge < -0.3 is 10.3 Å². The molecule has 7 heteroatoms. The molecule has 0 saturated carbocycles. The van der Waals surface area contributed by atoms with Gasteiger partial charge in [-0.3, -0.25) is 14.2 Å². The van der Waals surface area contributed by atoms with Crippen LogP contribution in [0.25, 0.3) is 0 Å². The fourth-order valence-electron chi connectivity index (χ4n) is 1.49. The lowest BCUT2D eigenvalue weighted by molar-refractivity contribution is 0.102. The molecule has 0 fully saturated rings. The van der Waals surface area contributed by atoms with Crippen LogP contribution in [0.2, 0.25) is 0 Å². The van der Waals surface area contributed by atoms with E-state index in [4.69, 9.17) is 0 Å². The maximum absolute atomic E-state index is 13.0. The minimum Gasteiger partial charge on any atom is -0.322 e. The molecule has 0 spiro atoms. The minimum atomic E-state index is -0.724. The van der Waals surface area contributed by atoms with Crippen molar-refractivity contribution in [3.05, 3.63) is 62.7 Å². The number of H-pyrrole nitrogens is 1. The van der Waals surface area contributed by atoms with Gasteiger partial charge in [-0.2, -0.15) is 0 Å². The van der Waals surface area contributed by atoms with Gasteiger partial charge in [-0.15, -0.1) is 0 Å². The molecule has 98 valence electrons. The third kappa shape index (κ3) is 2.59. The molecule has 0 aliphatic carbocycles. The van der Waals surface area contributed by atoms with Gasteiger partial charge in [-0.1, -0.05) is 6.07 Å². The zero-order chi connectivity index (χ0) is 14.0. The Kier molecular flexibility index (Phi) is 3.28. The summed E-state index contributed by atoms with van der Waals surface area (Å²) in [5.74, 6) is -1.23. The number of benzene rings is 1. The van der Waals surface area contributed by atoms with Crippen LogP contribution in [-0.4, -0.2) is 15.5 Å². The summed E-state index contributed by atoms with van der Waals surface area (Å²) in [6, 6.07) is 5.26. The molecule has 2 rings (SSSR count). The number of hydrogen-bond donors (Lipinski definition) is 2. The van der Waals surface area contributed by atoms with Gasteiger partial charge in [-0.05, 0) is 18.2 Å². The first-order chi connectivity index (χ1) is 8.99. The van der Waals surface area contributed by atoms with Crippen molar-refractivity contribution in [3.8, 4) is 0 Å². The van der Waals surface area contributed by atoms with Gasteiger partial charge in [0.1, 0.15) is 11.4 Å². The Morgan fingerprint density at radius 3 is 2.79 bits per heavy atom. The number of nitrogens with one attached hydrogen (secondary N) is 2. The van der Waals surface area contributed by atoms with E-state index in [9.17, 15) is 18.8 Å². The molecular formula is C12H10FN3O3. The fraction of sp³-hybridized carbons (Fsp3) is 0.0833. The zero-order valence-corrected chi connectivity index (χ0v) is 9.94. The predicted molar refractivity (Wildman–Crippen MR) is 66.7 cm³/mol. The van der Waals surface area contributed by atoms with Crippen LogP contribution >= 0.6 is 0 Å². The van der Waals surface area contributed by atoms with E-state index >= 15 is 0 Å². The maximum Gasteiger partial charge on any atom is 0.328 e. The average molecular weight is 263 g/mol. The smallest absolute Gasteiger partial charge is 0.322 e. The van der Waals surface area contributed by atoms with Crippen molar-refractivity contribution in [3.63, 3.8) is 0 Å². The van der Waals surface area contributed by atoms with E-state index in [1.165, 1.54) is 25.2 Å². The molecule has 1 aromatic carbocycles. The van der Waals surface area contributed by atoms with Crippen molar-refractivity contribution in [2.24, 2.45) is 7.05 Å². The van der Waals surface area contributed by atoms with Crippen LogP contribution < -0.4 is 16.6 Å². The highest BCUT2D eigenvalue weighted by molar-refractivity contribution is 6.03. The summed E-state index contributed by atoms with van der Waals surface area (Å²) < 4.78 is 13.7. The van der Waals surface area contributed by atoms with Crippen molar-refractivity contribution in [1.82, 2.24) is 9.55 Å². The van der Waals surface area contributed by atoms with Gasteiger partial charge in [-0.25, -0.2) is 9.18 Å². The second kappa shape index (κ2) is 4.89. The van der Waals surface area contributed by atoms with Crippen LogP contribution in [0, 0.1) is 5.82 Å². The van der Waals surface area contributed by atoms with Gasteiger partial charge in [0, 0.05) is 18.9 Å². The molecule has 0 unspecified atom stereocenters. The minimum absolute atomic E-state index is 0.221. The van der Waals surface area contributed by atoms with Crippen molar-refractivity contribution in [2.45, 2.75) is 0 Å². The summed E-state index contributed by atoms with van der Waals surface area (Å²) in [4.78, 5) is 36.9. The SMILES string of the molecule is Cn1c(=O)[nH]cc(C(=O)Nc2cccc(F)c2)c1=O. The number of carbonyl (C=O) groups excluding carboxylic acids is 1. The summed E-state index contributed by atoms with van der Waals surface area (Å²) in [6.07, 6.45) is 1.03. The Labute approximate surface area is 106 Å². The van der Waals surface area contributed by atoms with Crippen LogP contribution in [0.5, 0.6) is 0 Å². The van der Waals surface area contributed by atoms with E-state index in [2.05, 4.69) is 10.3 Å². The first kappa shape index (κ1) is 12.7. The first-order valence-corrected chi connectivity index (χ1v) is 5.34. The van der Waals surface area contributed by atoms with E-state index in [0.717, 1.165) is 16.8 Å². The van der Waals surface area contributed by atoms with E-state index in [-0.39, 0.29) is 11.3 Å². The lowest BCUT2D eigenvalue weighted by Gasteiger charge is -2.05. The number of rotatable bonds is 2. The van der Waals surface area contributed by atoms with Crippen molar-refractivity contribution in [2.75, 3.05) is 5.32 Å².